The van der Waals surface area contributed by atoms with Crippen molar-refractivity contribution in [2.45, 2.75) is 32.6 Å². The van der Waals surface area contributed by atoms with Crippen molar-refractivity contribution < 1.29 is 14.4 Å². The third-order valence-electron chi connectivity index (χ3n) is 5.05. The van der Waals surface area contributed by atoms with Gasteiger partial charge in [-0.1, -0.05) is 50.1 Å². The minimum absolute atomic E-state index is 0.0115. The zero-order valence-corrected chi connectivity index (χ0v) is 19.3. The van der Waals surface area contributed by atoms with Crippen LogP contribution in [0.4, 0.5) is 22.7 Å². The molecule has 3 rings (SSSR count). The summed E-state index contributed by atoms with van der Waals surface area (Å²) >= 11 is 0. The van der Waals surface area contributed by atoms with Crippen LogP contribution in [0, 0.1) is 0 Å². The van der Waals surface area contributed by atoms with Crippen LogP contribution in [0.25, 0.3) is 0 Å². The van der Waals surface area contributed by atoms with Gasteiger partial charge in [-0.25, -0.2) is 0 Å². The summed E-state index contributed by atoms with van der Waals surface area (Å²) in [5.41, 5.74) is 3.13. The largest absolute Gasteiger partial charge is 0.376 e. The molecular weight excluding hydrogens is 428 g/mol. The Kier molecular flexibility index (Phi) is 9.22. The molecule has 176 valence electrons. The van der Waals surface area contributed by atoms with E-state index in [9.17, 15) is 14.4 Å². The summed E-state index contributed by atoms with van der Waals surface area (Å²) in [4.78, 5) is 36.8. The lowest BCUT2D eigenvalue weighted by Gasteiger charge is -2.11. The van der Waals surface area contributed by atoms with Crippen molar-refractivity contribution in [2.24, 2.45) is 0 Å². The lowest BCUT2D eigenvalue weighted by molar-refractivity contribution is -0.116. The predicted molar refractivity (Wildman–Crippen MR) is 137 cm³/mol. The van der Waals surface area contributed by atoms with Gasteiger partial charge in [-0.3, -0.25) is 14.4 Å². The molecule has 7 heteroatoms. The van der Waals surface area contributed by atoms with E-state index < -0.39 is 0 Å². The Morgan fingerprint density at radius 3 is 1.91 bits per heavy atom. The van der Waals surface area contributed by atoms with Crippen LogP contribution < -0.4 is 21.3 Å². The van der Waals surface area contributed by atoms with Gasteiger partial charge in [0, 0.05) is 34.7 Å². The molecular formula is C27H30N4O3. The Hall–Kier alpha value is -4.13. The maximum Gasteiger partial charge on any atom is 0.255 e. The number of amides is 3. The van der Waals surface area contributed by atoms with E-state index in [2.05, 4.69) is 28.2 Å². The molecule has 0 bridgehead atoms. The molecule has 0 atom stereocenters. The maximum absolute atomic E-state index is 12.4. The molecule has 0 unspecified atom stereocenters. The van der Waals surface area contributed by atoms with E-state index in [0.717, 1.165) is 24.9 Å². The van der Waals surface area contributed by atoms with Crippen molar-refractivity contribution in [3.05, 3.63) is 84.4 Å². The number of benzene rings is 3. The molecule has 0 aromatic heterocycles. The highest BCUT2D eigenvalue weighted by Crippen LogP contribution is 2.18. The third-order valence-corrected chi connectivity index (χ3v) is 5.05. The SMILES string of the molecule is CCCCCC(=O)Nc1cccc(NCC(=O)Nc2cccc(NC(=O)c3ccccc3)c2)c1. The van der Waals surface area contributed by atoms with Crippen LogP contribution in [-0.2, 0) is 9.59 Å². The first kappa shape index (κ1) is 24.5. The van der Waals surface area contributed by atoms with Gasteiger partial charge in [0.05, 0.1) is 6.54 Å². The number of hydrogen-bond acceptors (Lipinski definition) is 4. The van der Waals surface area contributed by atoms with Crippen LogP contribution in [0.3, 0.4) is 0 Å². The average Bonchev–Trinajstić information content (AvgIpc) is 2.84. The number of unbranched alkanes of at least 4 members (excludes halogenated alkanes) is 2. The normalized spacial score (nSPS) is 10.3. The van der Waals surface area contributed by atoms with Crippen molar-refractivity contribution in [1.82, 2.24) is 0 Å². The lowest BCUT2D eigenvalue weighted by atomic mass is 10.2. The van der Waals surface area contributed by atoms with Gasteiger partial charge in [-0.15, -0.1) is 0 Å². The van der Waals surface area contributed by atoms with E-state index in [1.807, 2.05) is 24.3 Å². The summed E-state index contributed by atoms with van der Waals surface area (Å²) in [6, 6.07) is 23.2. The fraction of sp³-hybridized carbons (Fsp3) is 0.222. The Labute approximate surface area is 200 Å². The summed E-state index contributed by atoms with van der Waals surface area (Å²) in [5, 5.41) is 11.6. The molecule has 7 nitrogen and oxygen atoms in total. The van der Waals surface area contributed by atoms with E-state index in [1.165, 1.54) is 0 Å². The molecule has 0 aliphatic carbocycles. The summed E-state index contributed by atoms with van der Waals surface area (Å²) in [7, 11) is 0. The molecule has 0 heterocycles. The van der Waals surface area contributed by atoms with E-state index in [0.29, 0.717) is 29.0 Å². The Morgan fingerprint density at radius 1 is 0.647 bits per heavy atom. The standard InChI is InChI=1S/C27H30N4O3/c1-2-3-5-16-25(32)29-22-13-8-12-21(17-22)28-19-26(33)30-23-14-9-15-24(18-23)31-27(34)20-10-6-4-7-11-20/h4,6-15,17-18,28H,2-3,5,16,19H2,1H3,(H,29,32)(H,30,33)(H,31,34). The van der Waals surface area contributed by atoms with Crippen molar-refractivity contribution >= 4 is 40.5 Å². The molecule has 3 aromatic rings. The first-order chi connectivity index (χ1) is 16.5. The van der Waals surface area contributed by atoms with Gasteiger partial charge in [-0.05, 0) is 55.0 Å². The lowest BCUT2D eigenvalue weighted by Crippen LogP contribution is -2.22. The summed E-state index contributed by atoms with van der Waals surface area (Å²) in [6.07, 6.45) is 3.48. The van der Waals surface area contributed by atoms with Crippen molar-refractivity contribution in [2.75, 3.05) is 27.8 Å². The Bertz CT molecular complexity index is 1120. The second kappa shape index (κ2) is 12.8. The van der Waals surface area contributed by atoms with E-state index >= 15 is 0 Å². The Morgan fingerprint density at radius 2 is 1.24 bits per heavy atom. The predicted octanol–water partition coefficient (Wildman–Crippen LogP) is 5.51. The van der Waals surface area contributed by atoms with Crippen LogP contribution in [0.5, 0.6) is 0 Å². The molecule has 0 spiro atoms. The topological polar surface area (TPSA) is 99.3 Å². The second-order valence-corrected chi connectivity index (χ2v) is 7.89. The van der Waals surface area contributed by atoms with Gasteiger partial charge < -0.3 is 21.3 Å². The fourth-order valence-corrected chi connectivity index (χ4v) is 3.32. The summed E-state index contributed by atoms with van der Waals surface area (Å²) in [6.45, 7) is 2.15. The number of carbonyl (C=O) groups excluding carboxylic acids is 3. The highest BCUT2D eigenvalue weighted by molar-refractivity contribution is 6.04. The highest BCUT2D eigenvalue weighted by atomic mass is 16.2. The molecule has 0 fully saturated rings. The van der Waals surface area contributed by atoms with Gasteiger partial charge in [0.1, 0.15) is 0 Å². The van der Waals surface area contributed by atoms with Crippen LogP contribution >= 0.6 is 0 Å². The first-order valence-corrected chi connectivity index (χ1v) is 11.4. The van der Waals surface area contributed by atoms with Crippen molar-refractivity contribution in [3.63, 3.8) is 0 Å². The minimum Gasteiger partial charge on any atom is -0.376 e. The number of hydrogen-bond donors (Lipinski definition) is 4. The monoisotopic (exact) mass is 458 g/mol. The molecule has 0 radical (unpaired) electrons. The molecule has 0 aliphatic heterocycles. The van der Waals surface area contributed by atoms with Gasteiger partial charge in [-0.2, -0.15) is 0 Å². The quantitative estimate of drug-likeness (QED) is 0.285. The van der Waals surface area contributed by atoms with Crippen LogP contribution in [0.15, 0.2) is 78.9 Å². The summed E-state index contributed by atoms with van der Waals surface area (Å²) in [5.74, 6) is -0.466. The number of nitrogens with one attached hydrogen (secondary N) is 4. The van der Waals surface area contributed by atoms with Gasteiger partial charge in [0.2, 0.25) is 11.8 Å². The second-order valence-electron chi connectivity index (χ2n) is 7.89. The van der Waals surface area contributed by atoms with E-state index in [4.69, 9.17) is 0 Å². The van der Waals surface area contributed by atoms with Crippen LogP contribution in [-0.4, -0.2) is 24.3 Å². The molecule has 0 saturated carbocycles. The highest BCUT2D eigenvalue weighted by Gasteiger charge is 2.08. The van der Waals surface area contributed by atoms with Crippen LogP contribution in [0.1, 0.15) is 43.0 Å². The number of rotatable bonds is 11. The smallest absolute Gasteiger partial charge is 0.255 e. The fourth-order valence-electron chi connectivity index (χ4n) is 3.32. The molecule has 0 saturated heterocycles. The minimum atomic E-state index is -0.236. The van der Waals surface area contributed by atoms with Crippen molar-refractivity contribution in [1.29, 1.82) is 0 Å². The molecule has 34 heavy (non-hydrogen) atoms. The van der Waals surface area contributed by atoms with E-state index in [-0.39, 0.29) is 24.3 Å². The number of anilines is 4. The zero-order chi connectivity index (χ0) is 24.2. The molecule has 0 aliphatic rings. The number of carbonyl (C=O) groups is 3. The Balaban J connectivity index is 1.49. The molecule has 3 aromatic carbocycles. The van der Waals surface area contributed by atoms with Gasteiger partial charge >= 0.3 is 0 Å². The average molecular weight is 459 g/mol. The van der Waals surface area contributed by atoms with E-state index in [1.54, 1.807) is 54.6 Å². The van der Waals surface area contributed by atoms with Gasteiger partial charge in [0.25, 0.3) is 5.91 Å². The van der Waals surface area contributed by atoms with Crippen LogP contribution in [0.2, 0.25) is 0 Å². The first-order valence-electron chi connectivity index (χ1n) is 11.4. The van der Waals surface area contributed by atoms with Gasteiger partial charge in [0.15, 0.2) is 0 Å². The third kappa shape index (κ3) is 8.09. The zero-order valence-electron chi connectivity index (χ0n) is 19.3. The maximum atomic E-state index is 12.4. The molecule has 3 amide bonds. The summed E-state index contributed by atoms with van der Waals surface area (Å²) < 4.78 is 0. The van der Waals surface area contributed by atoms with Crippen molar-refractivity contribution in [3.8, 4) is 0 Å². The molecule has 4 N–H and O–H groups in total.